The molecule has 0 bridgehead atoms. The number of aryl methyl sites for hydroxylation is 1. The van der Waals surface area contributed by atoms with E-state index >= 15 is 0 Å². The standard InChI is InChI=1S/C12H14N2.C10H10N2/c1-12(2)6-3-4-10-9(8-12)5-7-14-11(10)13;1-7-3-2-4-9-8(7)5-6-12-10(9)11/h3-8H,1-2H3,(H2,13,14);2-6H,1H3,(H2,11,12). The second-order valence-electron chi connectivity index (χ2n) is 7.06. The fourth-order valence-electron chi connectivity index (χ4n) is 3.04. The summed E-state index contributed by atoms with van der Waals surface area (Å²) in [4.78, 5) is 8.10. The molecule has 26 heavy (non-hydrogen) atoms. The summed E-state index contributed by atoms with van der Waals surface area (Å²) in [6, 6.07) is 10.0. The Bertz CT molecular complexity index is 1050. The smallest absolute Gasteiger partial charge is 0.131 e. The average Bonchev–Trinajstić information content (AvgIpc) is 2.75. The number of fused-ring (bicyclic) bond motifs is 2. The van der Waals surface area contributed by atoms with Gasteiger partial charge in [0.1, 0.15) is 11.6 Å². The van der Waals surface area contributed by atoms with Crippen LogP contribution < -0.4 is 21.9 Å². The van der Waals surface area contributed by atoms with Crippen LogP contribution in [0.3, 0.4) is 0 Å². The van der Waals surface area contributed by atoms with Crippen molar-refractivity contribution < 1.29 is 0 Å². The van der Waals surface area contributed by atoms with Crippen molar-refractivity contribution in [1.29, 1.82) is 0 Å². The van der Waals surface area contributed by atoms with E-state index in [4.69, 9.17) is 11.5 Å². The number of aromatic nitrogens is 2. The van der Waals surface area contributed by atoms with E-state index in [1.807, 2.05) is 36.4 Å². The van der Waals surface area contributed by atoms with Gasteiger partial charge in [-0.05, 0) is 35.2 Å². The van der Waals surface area contributed by atoms with Crippen LogP contribution in [0.25, 0.3) is 22.9 Å². The van der Waals surface area contributed by atoms with Gasteiger partial charge in [0, 0.05) is 28.4 Å². The third-order valence-electron chi connectivity index (χ3n) is 4.43. The van der Waals surface area contributed by atoms with Crippen LogP contribution in [0.5, 0.6) is 0 Å². The van der Waals surface area contributed by atoms with E-state index < -0.39 is 0 Å². The lowest BCUT2D eigenvalue weighted by atomic mass is 9.92. The van der Waals surface area contributed by atoms with E-state index in [2.05, 4.69) is 49.0 Å². The van der Waals surface area contributed by atoms with E-state index in [1.54, 1.807) is 12.4 Å². The van der Waals surface area contributed by atoms with Crippen LogP contribution >= 0.6 is 0 Å². The van der Waals surface area contributed by atoms with Crippen molar-refractivity contribution in [3.63, 3.8) is 0 Å². The molecule has 0 aliphatic heterocycles. The molecule has 0 unspecified atom stereocenters. The summed E-state index contributed by atoms with van der Waals surface area (Å²) in [5.41, 5.74) is 12.8. The van der Waals surface area contributed by atoms with Crippen LogP contribution in [0, 0.1) is 12.3 Å². The lowest BCUT2D eigenvalue weighted by Gasteiger charge is -2.12. The number of nitrogens with zero attached hydrogens (tertiary/aromatic N) is 2. The first-order chi connectivity index (χ1) is 12.4. The van der Waals surface area contributed by atoms with Gasteiger partial charge in [-0.15, -0.1) is 0 Å². The highest BCUT2D eigenvalue weighted by Gasteiger charge is 2.10. The summed E-state index contributed by atoms with van der Waals surface area (Å²) in [7, 11) is 0. The van der Waals surface area contributed by atoms with Crippen molar-refractivity contribution in [2.24, 2.45) is 5.41 Å². The molecule has 0 amide bonds. The zero-order valence-corrected chi connectivity index (χ0v) is 15.4. The molecular weight excluding hydrogens is 320 g/mol. The number of anilines is 2. The van der Waals surface area contributed by atoms with Crippen LogP contribution in [-0.2, 0) is 0 Å². The molecule has 0 saturated heterocycles. The minimum atomic E-state index is 0.0789. The number of nitrogen functional groups attached to an aromatic ring is 2. The third kappa shape index (κ3) is 3.75. The van der Waals surface area contributed by atoms with Crippen molar-refractivity contribution in [2.45, 2.75) is 20.8 Å². The monoisotopic (exact) mass is 344 g/mol. The van der Waals surface area contributed by atoms with Crippen molar-refractivity contribution in [2.75, 3.05) is 11.5 Å². The molecular formula is C22H24N4. The minimum absolute atomic E-state index is 0.0789. The summed E-state index contributed by atoms with van der Waals surface area (Å²) in [5, 5.41) is 4.41. The summed E-state index contributed by atoms with van der Waals surface area (Å²) in [6.07, 6.45) is 11.9. The Hall–Kier alpha value is -3.14. The van der Waals surface area contributed by atoms with E-state index in [1.165, 1.54) is 10.9 Å². The summed E-state index contributed by atoms with van der Waals surface area (Å²) in [6.45, 7) is 6.41. The maximum atomic E-state index is 5.80. The first kappa shape index (κ1) is 17.7. The maximum absolute atomic E-state index is 5.80. The molecule has 0 atom stereocenters. The molecule has 2 aromatic heterocycles. The van der Waals surface area contributed by atoms with Crippen LogP contribution in [0.2, 0.25) is 0 Å². The van der Waals surface area contributed by atoms with Gasteiger partial charge in [0.05, 0.1) is 0 Å². The molecule has 3 aromatic rings. The predicted molar refractivity (Wildman–Crippen MR) is 111 cm³/mol. The summed E-state index contributed by atoms with van der Waals surface area (Å²) < 4.78 is 0. The highest BCUT2D eigenvalue weighted by Crippen LogP contribution is 2.21. The van der Waals surface area contributed by atoms with Gasteiger partial charge in [0.25, 0.3) is 0 Å². The first-order valence-corrected chi connectivity index (χ1v) is 8.60. The Labute approximate surface area is 153 Å². The second kappa shape index (κ2) is 7.00. The van der Waals surface area contributed by atoms with Gasteiger partial charge in [-0.25, -0.2) is 9.97 Å². The van der Waals surface area contributed by atoms with Gasteiger partial charge in [-0.2, -0.15) is 0 Å². The molecule has 4 nitrogen and oxygen atoms in total. The molecule has 132 valence electrons. The predicted octanol–water partition coefficient (Wildman–Crippen LogP) is 2.95. The van der Waals surface area contributed by atoms with E-state index in [0.29, 0.717) is 11.6 Å². The molecule has 0 spiro atoms. The van der Waals surface area contributed by atoms with Crippen LogP contribution in [-0.4, -0.2) is 9.97 Å². The topological polar surface area (TPSA) is 77.8 Å². The van der Waals surface area contributed by atoms with E-state index in [0.717, 1.165) is 15.8 Å². The minimum Gasteiger partial charge on any atom is -0.383 e. The second-order valence-corrected chi connectivity index (χ2v) is 7.06. The summed E-state index contributed by atoms with van der Waals surface area (Å²) >= 11 is 0. The lowest BCUT2D eigenvalue weighted by Crippen LogP contribution is -2.29. The summed E-state index contributed by atoms with van der Waals surface area (Å²) in [5.74, 6) is 1.21. The molecule has 4 rings (SSSR count). The molecule has 0 fully saturated rings. The fourth-order valence-corrected chi connectivity index (χ4v) is 3.04. The van der Waals surface area contributed by atoms with Gasteiger partial charge >= 0.3 is 0 Å². The SMILES string of the molecule is CC1(C)C=CC=c2c(N)nccc2=C1.Cc1cccc2c(N)nccc12. The number of allylic oxidation sites excluding steroid dienone is 2. The fraction of sp³-hybridized carbons (Fsp3) is 0.182. The Kier molecular flexibility index (Phi) is 4.76. The van der Waals surface area contributed by atoms with Gasteiger partial charge in [0.15, 0.2) is 0 Å². The molecule has 0 radical (unpaired) electrons. The van der Waals surface area contributed by atoms with E-state index in [-0.39, 0.29) is 5.41 Å². The normalized spacial score (nSPS) is 14.3. The molecule has 1 aliphatic carbocycles. The number of pyridine rings is 2. The third-order valence-corrected chi connectivity index (χ3v) is 4.43. The highest BCUT2D eigenvalue weighted by atomic mass is 14.8. The van der Waals surface area contributed by atoms with Crippen molar-refractivity contribution >= 4 is 34.6 Å². The zero-order chi connectivity index (χ0) is 18.7. The molecule has 1 aliphatic rings. The quantitative estimate of drug-likeness (QED) is 0.657. The Morgan fingerprint density at radius 1 is 0.885 bits per heavy atom. The van der Waals surface area contributed by atoms with Crippen LogP contribution in [0.4, 0.5) is 11.6 Å². The highest BCUT2D eigenvalue weighted by molar-refractivity contribution is 5.92. The molecule has 4 heteroatoms. The lowest BCUT2D eigenvalue weighted by molar-refractivity contribution is 0.670. The first-order valence-electron chi connectivity index (χ1n) is 8.60. The zero-order valence-electron chi connectivity index (χ0n) is 15.4. The number of nitrogens with two attached hydrogens (primary N) is 2. The van der Waals surface area contributed by atoms with Crippen molar-refractivity contribution in [1.82, 2.24) is 9.97 Å². The number of rotatable bonds is 0. The Morgan fingerprint density at radius 2 is 1.62 bits per heavy atom. The van der Waals surface area contributed by atoms with Crippen LogP contribution in [0.15, 0.2) is 54.9 Å². The maximum Gasteiger partial charge on any atom is 0.131 e. The number of benzene rings is 1. The van der Waals surface area contributed by atoms with Gasteiger partial charge in [-0.1, -0.05) is 56.4 Å². The number of hydrogen-bond donors (Lipinski definition) is 2. The van der Waals surface area contributed by atoms with Gasteiger partial charge in [-0.3, -0.25) is 0 Å². The largest absolute Gasteiger partial charge is 0.383 e. The van der Waals surface area contributed by atoms with Crippen molar-refractivity contribution in [3.8, 4) is 0 Å². The number of hydrogen-bond acceptors (Lipinski definition) is 4. The molecule has 4 N–H and O–H groups in total. The average molecular weight is 344 g/mol. The molecule has 0 saturated carbocycles. The van der Waals surface area contributed by atoms with E-state index in [9.17, 15) is 0 Å². The van der Waals surface area contributed by atoms with Crippen LogP contribution in [0.1, 0.15) is 19.4 Å². The Balaban J connectivity index is 0.000000152. The molecule has 2 heterocycles. The van der Waals surface area contributed by atoms with Crippen molar-refractivity contribution in [3.05, 3.63) is 70.9 Å². The molecule has 1 aromatic carbocycles. The van der Waals surface area contributed by atoms with Gasteiger partial charge in [0.2, 0.25) is 0 Å². The van der Waals surface area contributed by atoms with Gasteiger partial charge < -0.3 is 11.5 Å². The Morgan fingerprint density at radius 3 is 2.38 bits per heavy atom.